The van der Waals surface area contributed by atoms with E-state index in [1.54, 1.807) is 6.92 Å². The first-order valence-electron chi connectivity index (χ1n) is 7.52. The predicted octanol–water partition coefficient (Wildman–Crippen LogP) is 4.48. The summed E-state index contributed by atoms with van der Waals surface area (Å²) in [6.07, 6.45) is -3.21. The predicted molar refractivity (Wildman–Crippen MR) is 94.4 cm³/mol. The fourth-order valence-corrected chi connectivity index (χ4v) is 2.77. The third-order valence-electron chi connectivity index (χ3n) is 3.31. The second kappa shape index (κ2) is 8.71. The molecular formula is C18H17F3N2OS. The molecule has 2 aromatic rings. The molecule has 0 saturated heterocycles. The van der Waals surface area contributed by atoms with Crippen molar-refractivity contribution in [2.45, 2.75) is 24.1 Å². The minimum Gasteiger partial charge on any atom is -0.272 e. The molecule has 1 amide bonds. The number of hydrazone groups is 1. The standard InChI is InChI=1S/C18H17F3N2OS/c1-13(25-12-14-6-3-2-4-7-14)17(24)23-22-11-15-8-5-9-16(10-15)18(19,20)21/h2-11,13H,12H2,1H3,(H,23,24)/b22-11-/t13-/m1/s1. The number of halogens is 3. The van der Waals surface area contributed by atoms with Gasteiger partial charge in [0.05, 0.1) is 17.0 Å². The molecule has 0 radical (unpaired) electrons. The number of rotatable bonds is 6. The molecule has 3 nitrogen and oxygen atoms in total. The van der Waals surface area contributed by atoms with Crippen molar-refractivity contribution in [3.63, 3.8) is 0 Å². The summed E-state index contributed by atoms with van der Waals surface area (Å²) in [5.74, 6) is 0.386. The number of hydrogen-bond acceptors (Lipinski definition) is 3. The van der Waals surface area contributed by atoms with Gasteiger partial charge in [0.2, 0.25) is 0 Å². The second-order valence-corrected chi connectivity index (χ2v) is 6.63. The molecule has 1 atom stereocenters. The van der Waals surface area contributed by atoms with Crippen molar-refractivity contribution in [2.75, 3.05) is 0 Å². The number of thioether (sulfide) groups is 1. The molecule has 0 aromatic heterocycles. The highest BCUT2D eigenvalue weighted by molar-refractivity contribution is 7.99. The van der Waals surface area contributed by atoms with Gasteiger partial charge in [0.15, 0.2) is 0 Å². The SMILES string of the molecule is C[C@@H](SCc1ccccc1)C(=O)N/N=C\c1cccc(C(F)(F)F)c1. The third kappa shape index (κ3) is 6.26. The lowest BCUT2D eigenvalue weighted by Gasteiger charge is -2.09. The Hall–Kier alpha value is -2.28. The van der Waals surface area contributed by atoms with Crippen molar-refractivity contribution in [1.82, 2.24) is 5.43 Å². The lowest BCUT2D eigenvalue weighted by molar-refractivity contribution is -0.137. The van der Waals surface area contributed by atoms with E-state index >= 15 is 0 Å². The molecule has 2 aromatic carbocycles. The van der Waals surface area contributed by atoms with Crippen LogP contribution in [-0.2, 0) is 16.7 Å². The highest BCUT2D eigenvalue weighted by atomic mass is 32.2. The van der Waals surface area contributed by atoms with Crippen molar-refractivity contribution in [3.05, 3.63) is 71.3 Å². The number of benzene rings is 2. The molecule has 0 saturated carbocycles. The van der Waals surface area contributed by atoms with E-state index in [1.807, 2.05) is 30.3 Å². The minimum atomic E-state index is -4.41. The van der Waals surface area contributed by atoms with E-state index in [2.05, 4.69) is 10.5 Å². The van der Waals surface area contributed by atoms with Crippen LogP contribution in [0.1, 0.15) is 23.6 Å². The van der Waals surface area contributed by atoms with Gasteiger partial charge in [-0.2, -0.15) is 18.3 Å². The molecule has 0 unspecified atom stereocenters. The Morgan fingerprint density at radius 1 is 1.20 bits per heavy atom. The minimum absolute atomic E-state index is 0.264. The van der Waals surface area contributed by atoms with Gasteiger partial charge >= 0.3 is 6.18 Å². The van der Waals surface area contributed by atoms with Crippen LogP contribution >= 0.6 is 11.8 Å². The molecule has 0 aliphatic carbocycles. The normalized spacial score (nSPS) is 13.0. The molecule has 0 aliphatic heterocycles. The first kappa shape index (κ1) is 19.1. The van der Waals surface area contributed by atoms with Gasteiger partial charge in [-0.25, -0.2) is 5.43 Å². The average Bonchev–Trinajstić information content (AvgIpc) is 2.60. The lowest BCUT2D eigenvalue weighted by atomic mass is 10.1. The van der Waals surface area contributed by atoms with E-state index in [1.165, 1.54) is 30.1 Å². The van der Waals surface area contributed by atoms with Gasteiger partial charge < -0.3 is 0 Å². The zero-order valence-corrected chi connectivity index (χ0v) is 14.3. The van der Waals surface area contributed by atoms with Crippen molar-refractivity contribution < 1.29 is 18.0 Å². The zero-order chi connectivity index (χ0) is 18.3. The van der Waals surface area contributed by atoms with E-state index in [4.69, 9.17) is 0 Å². The number of hydrogen-bond donors (Lipinski definition) is 1. The summed E-state index contributed by atoms with van der Waals surface area (Å²) in [4.78, 5) is 12.0. The first-order chi connectivity index (χ1) is 11.9. The molecule has 7 heteroatoms. The Morgan fingerprint density at radius 2 is 1.92 bits per heavy atom. The average molecular weight is 366 g/mol. The fourth-order valence-electron chi connectivity index (χ4n) is 1.93. The van der Waals surface area contributed by atoms with Crippen LogP contribution < -0.4 is 5.43 Å². The summed E-state index contributed by atoms with van der Waals surface area (Å²) >= 11 is 1.45. The van der Waals surface area contributed by atoms with Crippen molar-refractivity contribution in [2.24, 2.45) is 5.10 Å². The van der Waals surface area contributed by atoms with Crippen LogP contribution in [0, 0.1) is 0 Å². The number of amides is 1. The highest BCUT2D eigenvalue weighted by Crippen LogP contribution is 2.29. The first-order valence-corrected chi connectivity index (χ1v) is 8.57. The zero-order valence-electron chi connectivity index (χ0n) is 13.5. The monoisotopic (exact) mass is 366 g/mol. The van der Waals surface area contributed by atoms with Gasteiger partial charge in [-0.1, -0.05) is 42.5 Å². The number of nitrogens with one attached hydrogen (secondary N) is 1. The van der Waals surface area contributed by atoms with Gasteiger partial charge in [0.25, 0.3) is 5.91 Å². The molecule has 132 valence electrons. The molecule has 25 heavy (non-hydrogen) atoms. The molecule has 0 bridgehead atoms. The van der Waals surface area contributed by atoms with Crippen molar-refractivity contribution >= 4 is 23.9 Å². The molecule has 2 rings (SSSR count). The Labute approximate surface area is 148 Å². The molecular weight excluding hydrogens is 349 g/mol. The number of carbonyl (C=O) groups excluding carboxylic acids is 1. The maximum absolute atomic E-state index is 12.6. The maximum Gasteiger partial charge on any atom is 0.416 e. The van der Waals surface area contributed by atoms with Gasteiger partial charge in [-0.05, 0) is 30.2 Å². The van der Waals surface area contributed by atoms with E-state index in [-0.39, 0.29) is 16.7 Å². The quantitative estimate of drug-likeness (QED) is 0.605. The van der Waals surface area contributed by atoms with Gasteiger partial charge in [0.1, 0.15) is 0 Å². The van der Waals surface area contributed by atoms with Gasteiger partial charge in [0, 0.05) is 5.75 Å². The summed E-state index contributed by atoms with van der Waals surface area (Å²) in [7, 11) is 0. The molecule has 0 spiro atoms. The smallest absolute Gasteiger partial charge is 0.272 e. The Bertz CT molecular complexity index is 733. The largest absolute Gasteiger partial charge is 0.416 e. The fraction of sp³-hybridized carbons (Fsp3) is 0.222. The summed E-state index contributed by atoms with van der Waals surface area (Å²) in [5, 5.41) is 3.40. The number of carbonyl (C=O) groups is 1. The topological polar surface area (TPSA) is 41.5 Å². The molecule has 0 heterocycles. The van der Waals surface area contributed by atoms with Gasteiger partial charge in [-0.3, -0.25) is 4.79 Å². The Kier molecular flexibility index (Phi) is 6.64. The van der Waals surface area contributed by atoms with Crippen LogP contribution in [0.15, 0.2) is 59.7 Å². The lowest BCUT2D eigenvalue weighted by Crippen LogP contribution is -2.27. The van der Waals surface area contributed by atoms with Crippen LogP contribution in [0.4, 0.5) is 13.2 Å². The van der Waals surface area contributed by atoms with E-state index in [0.29, 0.717) is 5.75 Å². The highest BCUT2D eigenvalue weighted by Gasteiger charge is 2.30. The van der Waals surface area contributed by atoms with Crippen molar-refractivity contribution in [1.29, 1.82) is 0 Å². The number of nitrogens with zero attached hydrogens (tertiary/aromatic N) is 1. The van der Waals surface area contributed by atoms with Crippen LogP contribution in [-0.4, -0.2) is 17.4 Å². The van der Waals surface area contributed by atoms with Crippen molar-refractivity contribution in [3.8, 4) is 0 Å². The summed E-state index contributed by atoms with van der Waals surface area (Å²) < 4.78 is 37.9. The third-order valence-corrected chi connectivity index (χ3v) is 4.53. The van der Waals surface area contributed by atoms with Gasteiger partial charge in [-0.15, -0.1) is 11.8 Å². The van der Waals surface area contributed by atoms with Crippen LogP contribution in [0.2, 0.25) is 0 Å². The van der Waals surface area contributed by atoms with Crippen LogP contribution in [0.3, 0.4) is 0 Å². The molecule has 0 aliphatic rings. The summed E-state index contributed by atoms with van der Waals surface area (Å²) in [6, 6.07) is 14.5. The maximum atomic E-state index is 12.6. The number of alkyl halides is 3. The van der Waals surface area contributed by atoms with E-state index < -0.39 is 11.7 Å². The summed E-state index contributed by atoms with van der Waals surface area (Å²) in [5.41, 5.74) is 2.97. The molecule has 0 fully saturated rings. The molecule has 1 N–H and O–H groups in total. The Balaban J connectivity index is 1.85. The van der Waals surface area contributed by atoms with E-state index in [0.717, 1.165) is 17.7 Å². The second-order valence-electron chi connectivity index (χ2n) is 5.30. The van der Waals surface area contributed by atoms with Crippen LogP contribution in [0.5, 0.6) is 0 Å². The summed E-state index contributed by atoms with van der Waals surface area (Å²) in [6.45, 7) is 1.75. The van der Waals surface area contributed by atoms with Crippen LogP contribution in [0.25, 0.3) is 0 Å². The Morgan fingerprint density at radius 3 is 2.60 bits per heavy atom. The van der Waals surface area contributed by atoms with E-state index in [9.17, 15) is 18.0 Å².